The van der Waals surface area contributed by atoms with Crippen molar-refractivity contribution in [3.63, 3.8) is 0 Å². The Hall–Kier alpha value is -3.22. The number of nitrogens with one attached hydrogen (secondary N) is 3. The lowest BCUT2D eigenvalue weighted by molar-refractivity contribution is -0.154. The molecule has 31 heavy (non-hydrogen) atoms. The SMILES string of the molecule is O=C1NC[C@@H](C(=O)N[C@@H](c2cnc(OCC(F)(F)F)cn2)c2ccc(F)c(Cl)c2F)N1. The van der Waals surface area contributed by atoms with Gasteiger partial charge in [-0.2, -0.15) is 13.2 Å². The molecule has 1 aliphatic rings. The number of carbonyl (C=O) groups is 2. The molecule has 0 unspecified atom stereocenters. The van der Waals surface area contributed by atoms with E-state index in [9.17, 15) is 31.5 Å². The van der Waals surface area contributed by atoms with Crippen LogP contribution < -0.4 is 20.7 Å². The van der Waals surface area contributed by atoms with Crippen molar-refractivity contribution in [1.82, 2.24) is 25.9 Å². The van der Waals surface area contributed by atoms with Crippen molar-refractivity contribution >= 4 is 23.5 Å². The molecule has 166 valence electrons. The average Bonchev–Trinajstić information content (AvgIpc) is 3.16. The highest BCUT2D eigenvalue weighted by atomic mass is 35.5. The van der Waals surface area contributed by atoms with Crippen molar-refractivity contribution in [2.24, 2.45) is 0 Å². The van der Waals surface area contributed by atoms with Gasteiger partial charge in [-0.05, 0) is 6.07 Å². The van der Waals surface area contributed by atoms with Crippen LogP contribution in [0.2, 0.25) is 5.02 Å². The van der Waals surface area contributed by atoms with Gasteiger partial charge in [0.1, 0.15) is 28.7 Å². The predicted octanol–water partition coefficient (Wildman–Crippen LogP) is 2.24. The first-order valence-electron chi connectivity index (χ1n) is 8.55. The fraction of sp³-hybridized carbons (Fsp3) is 0.294. The zero-order chi connectivity index (χ0) is 22.8. The fourth-order valence-electron chi connectivity index (χ4n) is 2.64. The largest absolute Gasteiger partial charge is 0.467 e. The van der Waals surface area contributed by atoms with Crippen LogP contribution in [-0.4, -0.2) is 47.3 Å². The topological polar surface area (TPSA) is 105 Å². The van der Waals surface area contributed by atoms with Gasteiger partial charge in [-0.3, -0.25) is 9.78 Å². The van der Waals surface area contributed by atoms with Crippen molar-refractivity contribution in [3.05, 3.63) is 52.4 Å². The molecule has 3 amide bonds. The summed E-state index contributed by atoms with van der Waals surface area (Å²) < 4.78 is 69.4. The number of rotatable bonds is 6. The molecule has 1 saturated heterocycles. The lowest BCUT2D eigenvalue weighted by Gasteiger charge is -2.21. The number of amides is 3. The van der Waals surface area contributed by atoms with E-state index in [1.54, 1.807) is 0 Å². The Labute approximate surface area is 176 Å². The molecule has 1 aromatic heterocycles. The quantitative estimate of drug-likeness (QED) is 0.448. The summed E-state index contributed by atoms with van der Waals surface area (Å²) in [6.45, 7) is -1.64. The Balaban J connectivity index is 1.89. The Morgan fingerprint density at radius 2 is 2.03 bits per heavy atom. The van der Waals surface area contributed by atoms with Crippen molar-refractivity contribution in [2.45, 2.75) is 18.3 Å². The molecule has 0 aliphatic carbocycles. The maximum Gasteiger partial charge on any atom is 0.422 e. The smallest absolute Gasteiger partial charge is 0.422 e. The summed E-state index contributed by atoms with van der Waals surface area (Å²) in [5.74, 6) is -3.42. The number of benzene rings is 1. The first-order valence-corrected chi connectivity index (χ1v) is 8.92. The molecule has 8 nitrogen and oxygen atoms in total. The van der Waals surface area contributed by atoms with Crippen LogP contribution in [0.4, 0.5) is 26.7 Å². The van der Waals surface area contributed by atoms with Crippen LogP contribution in [0.5, 0.6) is 5.88 Å². The summed E-state index contributed by atoms with van der Waals surface area (Å²) in [5, 5.41) is 6.31. The van der Waals surface area contributed by atoms with Gasteiger partial charge >= 0.3 is 12.2 Å². The lowest BCUT2D eigenvalue weighted by Crippen LogP contribution is -2.44. The molecule has 0 saturated carbocycles. The van der Waals surface area contributed by atoms with Crippen molar-refractivity contribution < 1.29 is 36.3 Å². The number of ether oxygens (including phenoxy) is 1. The highest BCUT2D eigenvalue weighted by Gasteiger charge is 2.32. The molecule has 2 aromatic rings. The van der Waals surface area contributed by atoms with Gasteiger partial charge in [0.15, 0.2) is 6.61 Å². The molecule has 3 rings (SSSR count). The van der Waals surface area contributed by atoms with E-state index < -0.39 is 59.3 Å². The Morgan fingerprint density at radius 3 is 2.61 bits per heavy atom. The van der Waals surface area contributed by atoms with Gasteiger partial charge in [0.25, 0.3) is 0 Å². The first-order chi connectivity index (χ1) is 14.5. The normalized spacial score (nSPS) is 17.0. The second kappa shape index (κ2) is 8.88. The van der Waals surface area contributed by atoms with Gasteiger partial charge in [-0.15, -0.1) is 0 Å². The lowest BCUT2D eigenvalue weighted by atomic mass is 10.0. The van der Waals surface area contributed by atoms with Crippen LogP contribution in [-0.2, 0) is 4.79 Å². The Morgan fingerprint density at radius 1 is 1.29 bits per heavy atom. The zero-order valence-electron chi connectivity index (χ0n) is 15.3. The highest BCUT2D eigenvalue weighted by Crippen LogP contribution is 2.29. The van der Waals surface area contributed by atoms with Gasteiger partial charge < -0.3 is 20.7 Å². The molecule has 2 atom stereocenters. The van der Waals surface area contributed by atoms with Gasteiger partial charge in [-0.25, -0.2) is 18.6 Å². The third-order valence-corrected chi connectivity index (χ3v) is 4.43. The molecule has 1 aliphatic heterocycles. The summed E-state index contributed by atoms with van der Waals surface area (Å²) in [5.41, 5.74) is -0.387. The number of aromatic nitrogens is 2. The second-order valence-electron chi connectivity index (χ2n) is 6.30. The van der Waals surface area contributed by atoms with Crippen LogP contribution in [0.3, 0.4) is 0 Å². The molecule has 3 N–H and O–H groups in total. The molecular formula is C17H13ClF5N5O3. The summed E-state index contributed by atoms with van der Waals surface area (Å²) in [6, 6.07) is -1.04. The minimum Gasteiger partial charge on any atom is -0.467 e. The minimum atomic E-state index is -4.59. The molecule has 14 heteroatoms. The van der Waals surface area contributed by atoms with Crippen LogP contribution in [0.25, 0.3) is 0 Å². The van der Waals surface area contributed by atoms with Crippen LogP contribution >= 0.6 is 11.6 Å². The first kappa shape index (κ1) is 22.5. The predicted molar refractivity (Wildman–Crippen MR) is 95.3 cm³/mol. The van der Waals surface area contributed by atoms with Gasteiger partial charge in [0, 0.05) is 12.1 Å². The molecule has 2 heterocycles. The van der Waals surface area contributed by atoms with E-state index in [1.807, 2.05) is 0 Å². The molecule has 0 radical (unpaired) electrons. The number of carbonyl (C=O) groups excluding carboxylic acids is 2. The van der Waals surface area contributed by atoms with E-state index in [0.717, 1.165) is 24.5 Å². The third-order valence-electron chi connectivity index (χ3n) is 4.08. The van der Waals surface area contributed by atoms with E-state index in [0.29, 0.717) is 0 Å². The van der Waals surface area contributed by atoms with E-state index >= 15 is 0 Å². The van der Waals surface area contributed by atoms with E-state index in [2.05, 4.69) is 30.7 Å². The van der Waals surface area contributed by atoms with Crippen molar-refractivity contribution in [1.29, 1.82) is 0 Å². The summed E-state index contributed by atoms with van der Waals surface area (Å²) in [7, 11) is 0. The van der Waals surface area contributed by atoms with E-state index in [4.69, 9.17) is 11.6 Å². The van der Waals surface area contributed by atoms with Crippen molar-refractivity contribution in [2.75, 3.05) is 13.2 Å². The average molecular weight is 466 g/mol. The van der Waals surface area contributed by atoms with Crippen molar-refractivity contribution in [3.8, 4) is 5.88 Å². The van der Waals surface area contributed by atoms with Gasteiger partial charge in [0.2, 0.25) is 11.8 Å². The van der Waals surface area contributed by atoms with E-state index in [-0.39, 0.29) is 17.8 Å². The monoisotopic (exact) mass is 465 g/mol. The number of alkyl halides is 3. The molecule has 1 fully saturated rings. The van der Waals surface area contributed by atoms with Crippen LogP contribution in [0.1, 0.15) is 17.3 Å². The highest BCUT2D eigenvalue weighted by molar-refractivity contribution is 6.31. The number of urea groups is 1. The Bertz CT molecular complexity index is 989. The van der Waals surface area contributed by atoms with E-state index in [1.165, 1.54) is 0 Å². The number of hydrogen-bond acceptors (Lipinski definition) is 5. The molecular weight excluding hydrogens is 453 g/mol. The molecule has 0 spiro atoms. The standard InChI is InChI=1S/C17H13ClF5N5O3/c18-12-8(19)2-1-7(13(12)20)14(28-15(29)10-4-26-16(30)27-10)9-3-25-11(5-24-9)31-6-17(21,22)23/h1-3,5,10,14H,4,6H2,(H,28,29)(H2,26,27,30)/t10-,14+/m0/s1. The third kappa shape index (κ3) is 5.48. The van der Waals surface area contributed by atoms with Gasteiger partial charge in [-0.1, -0.05) is 17.7 Å². The molecule has 0 bridgehead atoms. The second-order valence-corrected chi connectivity index (χ2v) is 6.67. The fourth-order valence-corrected chi connectivity index (χ4v) is 2.81. The Kier molecular flexibility index (Phi) is 6.43. The number of nitrogens with zero attached hydrogens (tertiary/aromatic N) is 2. The van der Waals surface area contributed by atoms with Gasteiger partial charge in [0.05, 0.1) is 18.1 Å². The summed E-state index contributed by atoms with van der Waals surface area (Å²) in [4.78, 5) is 31.3. The number of hydrogen-bond donors (Lipinski definition) is 3. The summed E-state index contributed by atoms with van der Waals surface area (Å²) >= 11 is 5.61. The van der Waals surface area contributed by atoms with Crippen LogP contribution in [0, 0.1) is 11.6 Å². The molecule has 1 aromatic carbocycles. The minimum absolute atomic E-state index is 0.0417. The maximum atomic E-state index is 14.6. The van der Waals surface area contributed by atoms with Crippen LogP contribution in [0.15, 0.2) is 24.5 Å². The summed E-state index contributed by atoms with van der Waals surface area (Å²) in [6.07, 6.45) is -2.79. The number of halogens is 6. The maximum absolute atomic E-state index is 14.6. The zero-order valence-corrected chi connectivity index (χ0v) is 16.0.